The smallest absolute Gasteiger partial charge is 0.245 e. The van der Waals surface area contributed by atoms with Gasteiger partial charge in [0.05, 0.1) is 24.3 Å². The van der Waals surface area contributed by atoms with E-state index in [1.54, 1.807) is 30.3 Å². The third-order valence-corrected chi connectivity index (χ3v) is 8.04. The predicted octanol–water partition coefficient (Wildman–Crippen LogP) is 2.53. The molecule has 1 atom stereocenters. The maximum absolute atomic E-state index is 13.1. The van der Waals surface area contributed by atoms with Crippen LogP contribution >= 0.6 is 23.3 Å². The molecule has 1 amide bonds. The Morgan fingerprint density at radius 1 is 1.13 bits per heavy atom. The van der Waals surface area contributed by atoms with E-state index in [1.165, 1.54) is 4.31 Å². The van der Waals surface area contributed by atoms with E-state index in [0.717, 1.165) is 17.3 Å². The summed E-state index contributed by atoms with van der Waals surface area (Å²) >= 11 is 6.91. The SMILES string of the molecule is CC(NC(=O)CN1CCN(S(=O)(=O)c2cccc3nsnc23)CC1)c1ccc(Cl)cc1. The van der Waals surface area contributed by atoms with Crippen LogP contribution in [0.25, 0.3) is 11.0 Å². The molecule has 1 fully saturated rings. The van der Waals surface area contributed by atoms with E-state index in [2.05, 4.69) is 14.1 Å². The van der Waals surface area contributed by atoms with Crippen LogP contribution in [0.4, 0.5) is 0 Å². The van der Waals surface area contributed by atoms with E-state index in [4.69, 9.17) is 11.6 Å². The highest BCUT2D eigenvalue weighted by Crippen LogP contribution is 2.25. The molecular formula is C20H22ClN5O3S2. The molecule has 1 aliphatic heterocycles. The third-order valence-electron chi connectivity index (χ3n) is 5.31. The number of amides is 1. The number of nitrogens with one attached hydrogen (secondary N) is 1. The average molecular weight is 480 g/mol. The van der Waals surface area contributed by atoms with Crippen molar-refractivity contribution in [3.63, 3.8) is 0 Å². The Kier molecular flexibility index (Phi) is 6.54. The molecule has 3 aromatic rings. The minimum absolute atomic E-state index is 0.0999. The lowest BCUT2D eigenvalue weighted by molar-refractivity contribution is -0.123. The number of carbonyl (C=O) groups is 1. The van der Waals surface area contributed by atoms with Crippen molar-refractivity contribution in [1.82, 2.24) is 23.3 Å². The molecule has 11 heteroatoms. The van der Waals surface area contributed by atoms with E-state index < -0.39 is 10.0 Å². The van der Waals surface area contributed by atoms with Gasteiger partial charge in [0.1, 0.15) is 15.9 Å². The van der Waals surface area contributed by atoms with Gasteiger partial charge in [-0.1, -0.05) is 29.8 Å². The van der Waals surface area contributed by atoms with E-state index >= 15 is 0 Å². The number of nitrogens with zero attached hydrogens (tertiary/aromatic N) is 4. The normalized spacial score (nSPS) is 17.0. The standard InChI is InChI=1S/C20H22ClN5O3S2/c1-14(15-5-7-16(21)8-6-15)22-19(27)13-25-9-11-26(12-10-25)31(28,29)18-4-2-3-17-20(18)24-30-23-17/h2-8,14H,9-13H2,1H3,(H,22,27). The Morgan fingerprint density at radius 2 is 1.84 bits per heavy atom. The maximum atomic E-state index is 13.1. The van der Waals surface area contributed by atoms with Gasteiger partial charge in [0.2, 0.25) is 15.9 Å². The van der Waals surface area contributed by atoms with Crippen molar-refractivity contribution in [1.29, 1.82) is 0 Å². The minimum atomic E-state index is -3.67. The molecule has 1 unspecified atom stereocenters. The monoisotopic (exact) mass is 479 g/mol. The molecule has 2 aromatic carbocycles. The Bertz CT molecular complexity index is 1180. The molecule has 2 heterocycles. The second-order valence-electron chi connectivity index (χ2n) is 7.41. The Hall–Kier alpha value is -2.11. The highest BCUT2D eigenvalue weighted by molar-refractivity contribution is 7.89. The maximum Gasteiger partial charge on any atom is 0.245 e. The van der Waals surface area contributed by atoms with Crippen molar-refractivity contribution in [2.45, 2.75) is 17.9 Å². The summed E-state index contributed by atoms with van der Waals surface area (Å²) in [5.74, 6) is -0.0999. The van der Waals surface area contributed by atoms with Gasteiger partial charge in [0.25, 0.3) is 0 Å². The number of hydrogen-bond donors (Lipinski definition) is 1. The fourth-order valence-electron chi connectivity index (χ4n) is 3.58. The molecule has 0 saturated carbocycles. The Labute approximate surface area is 190 Å². The lowest BCUT2D eigenvalue weighted by Crippen LogP contribution is -2.51. The van der Waals surface area contributed by atoms with Gasteiger partial charge in [-0.05, 0) is 36.8 Å². The number of aromatic nitrogens is 2. The lowest BCUT2D eigenvalue weighted by Gasteiger charge is -2.33. The van der Waals surface area contributed by atoms with Crippen molar-refractivity contribution in [2.24, 2.45) is 0 Å². The van der Waals surface area contributed by atoms with Gasteiger partial charge in [0.15, 0.2) is 0 Å². The third kappa shape index (κ3) is 4.88. The molecular weight excluding hydrogens is 458 g/mol. The van der Waals surface area contributed by atoms with Crippen molar-refractivity contribution in [2.75, 3.05) is 32.7 Å². The first-order chi connectivity index (χ1) is 14.8. The number of rotatable bonds is 6. The minimum Gasteiger partial charge on any atom is -0.348 e. The molecule has 1 saturated heterocycles. The molecule has 0 spiro atoms. The molecule has 164 valence electrons. The number of fused-ring (bicyclic) bond motifs is 1. The summed E-state index contributed by atoms with van der Waals surface area (Å²) in [4.78, 5) is 14.6. The zero-order valence-corrected chi connectivity index (χ0v) is 19.3. The summed E-state index contributed by atoms with van der Waals surface area (Å²) < 4.78 is 35.9. The van der Waals surface area contributed by atoms with E-state index in [0.29, 0.717) is 42.2 Å². The van der Waals surface area contributed by atoms with E-state index in [9.17, 15) is 13.2 Å². The summed E-state index contributed by atoms with van der Waals surface area (Å²) in [5, 5.41) is 3.63. The van der Waals surface area contributed by atoms with Gasteiger partial charge in [-0.25, -0.2) is 8.42 Å². The second kappa shape index (κ2) is 9.17. The van der Waals surface area contributed by atoms with Crippen LogP contribution in [-0.2, 0) is 14.8 Å². The number of benzene rings is 2. The molecule has 0 aliphatic carbocycles. The number of carbonyl (C=O) groups excluding carboxylic acids is 1. The van der Waals surface area contributed by atoms with Crippen LogP contribution < -0.4 is 5.32 Å². The molecule has 8 nitrogen and oxygen atoms in total. The van der Waals surface area contributed by atoms with Crippen LogP contribution in [0.5, 0.6) is 0 Å². The van der Waals surface area contributed by atoms with Crippen molar-refractivity contribution < 1.29 is 13.2 Å². The first-order valence-corrected chi connectivity index (χ1v) is 12.4. The van der Waals surface area contributed by atoms with E-state index in [1.807, 2.05) is 24.0 Å². The first-order valence-electron chi connectivity index (χ1n) is 9.83. The van der Waals surface area contributed by atoms with Gasteiger partial charge in [0, 0.05) is 31.2 Å². The van der Waals surface area contributed by atoms with Crippen LogP contribution in [0.15, 0.2) is 47.4 Å². The summed E-state index contributed by atoms with van der Waals surface area (Å²) in [6.45, 7) is 3.73. The molecule has 1 N–H and O–H groups in total. The van der Waals surface area contributed by atoms with Crippen LogP contribution in [0.2, 0.25) is 5.02 Å². The predicted molar refractivity (Wildman–Crippen MR) is 121 cm³/mol. The Morgan fingerprint density at radius 3 is 2.55 bits per heavy atom. The highest BCUT2D eigenvalue weighted by Gasteiger charge is 2.31. The average Bonchev–Trinajstić information content (AvgIpc) is 3.23. The van der Waals surface area contributed by atoms with Crippen LogP contribution in [-0.4, -0.2) is 65.0 Å². The van der Waals surface area contributed by atoms with Crippen LogP contribution in [0, 0.1) is 0 Å². The number of hydrogen-bond acceptors (Lipinski definition) is 7. The van der Waals surface area contributed by atoms with Crippen molar-refractivity contribution >= 4 is 50.3 Å². The van der Waals surface area contributed by atoms with Crippen molar-refractivity contribution in [3.05, 3.63) is 53.1 Å². The second-order valence-corrected chi connectivity index (χ2v) is 10.3. The molecule has 0 bridgehead atoms. The zero-order chi connectivity index (χ0) is 22.0. The van der Waals surface area contributed by atoms with Gasteiger partial charge in [-0.2, -0.15) is 13.1 Å². The highest BCUT2D eigenvalue weighted by atomic mass is 35.5. The van der Waals surface area contributed by atoms with Crippen LogP contribution in [0.1, 0.15) is 18.5 Å². The summed E-state index contributed by atoms with van der Waals surface area (Å²) in [6.07, 6.45) is 0. The molecule has 31 heavy (non-hydrogen) atoms. The number of sulfonamides is 1. The largest absolute Gasteiger partial charge is 0.348 e. The molecule has 0 radical (unpaired) electrons. The molecule has 1 aromatic heterocycles. The number of piperazine rings is 1. The summed E-state index contributed by atoms with van der Waals surface area (Å²) in [6, 6.07) is 12.2. The van der Waals surface area contributed by atoms with Gasteiger partial charge in [-0.15, -0.1) is 0 Å². The van der Waals surface area contributed by atoms with Gasteiger partial charge < -0.3 is 5.32 Å². The molecule has 1 aliphatic rings. The lowest BCUT2D eigenvalue weighted by atomic mass is 10.1. The first kappa shape index (κ1) is 22.1. The zero-order valence-electron chi connectivity index (χ0n) is 16.9. The summed E-state index contributed by atoms with van der Waals surface area (Å²) in [5.41, 5.74) is 1.96. The fourth-order valence-corrected chi connectivity index (χ4v) is 5.88. The van der Waals surface area contributed by atoms with Crippen LogP contribution in [0.3, 0.4) is 0 Å². The van der Waals surface area contributed by atoms with Crippen molar-refractivity contribution in [3.8, 4) is 0 Å². The topological polar surface area (TPSA) is 95.5 Å². The molecule has 4 rings (SSSR count). The summed E-state index contributed by atoms with van der Waals surface area (Å²) in [7, 11) is -3.67. The fraction of sp³-hybridized carbons (Fsp3) is 0.350. The van der Waals surface area contributed by atoms with Gasteiger partial charge in [-0.3, -0.25) is 9.69 Å². The number of halogens is 1. The quantitative estimate of drug-likeness (QED) is 0.583. The van der Waals surface area contributed by atoms with Gasteiger partial charge >= 0.3 is 0 Å². The van der Waals surface area contributed by atoms with E-state index in [-0.39, 0.29) is 23.4 Å². The Balaban J connectivity index is 1.33.